The molecule has 5 heterocycles. The van der Waals surface area contributed by atoms with E-state index >= 15 is 0 Å². The van der Waals surface area contributed by atoms with Crippen LogP contribution >= 0.6 is 0 Å². The summed E-state index contributed by atoms with van der Waals surface area (Å²) in [6.45, 7) is 8.85. The monoisotopic (exact) mass is 533 g/mol. The molecule has 1 aromatic carbocycles. The summed E-state index contributed by atoms with van der Waals surface area (Å²) in [6.07, 6.45) is 4.54. The van der Waals surface area contributed by atoms with Gasteiger partial charge in [-0.25, -0.2) is 14.6 Å². The number of hydrogen-bond donors (Lipinski definition) is 1. The van der Waals surface area contributed by atoms with Gasteiger partial charge >= 0.3 is 0 Å². The first-order valence-electron chi connectivity index (χ1n) is 13.5. The quantitative estimate of drug-likeness (QED) is 0.342. The molecule has 0 radical (unpaired) electrons. The summed E-state index contributed by atoms with van der Waals surface area (Å²) >= 11 is 0. The van der Waals surface area contributed by atoms with Gasteiger partial charge in [-0.2, -0.15) is 0 Å². The SMILES string of the molecule is Cc1cc(C(=O)NCc2cc3nc(-c4cccc(N5C[C@H](C)C[C@H](C)C5)n4)ccc3cn2)cc(-n2cnnn2)c1. The van der Waals surface area contributed by atoms with Crippen LogP contribution in [-0.4, -0.2) is 54.2 Å². The highest BCUT2D eigenvalue weighted by Gasteiger charge is 2.23. The fourth-order valence-electron chi connectivity index (χ4n) is 5.47. The summed E-state index contributed by atoms with van der Waals surface area (Å²) in [5.74, 6) is 2.09. The first kappa shape index (κ1) is 25.5. The Hall–Kier alpha value is -4.73. The van der Waals surface area contributed by atoms with Gasteiger partial charge in [0, 0.05) is 30.2 Å². The standard InChI is InChI=1S/C30H31N9O/c1-19-10-23(12-25(11-19)39-18-33-36-37-39)30(40)32-15-24-13-28-22(14-31-24)7-8-27(34-28)26-5-4-6-29(35-26)38-16-20(2)9-21(3)17-38/h4-8,10-14,18,20-21H,9,15-17H2,1-3H3,(H,32,40)/t20-,21+. The molecule has 0 bridgehead atoms. The Morgan fingerprint density at radius 3 is 2.62 bits per heavy atom. The maximum atomic E-state index is 13.0. The number of hydrogen-bond acceptors (Lipinski definition) is 8. The number of nitrogens with one attached hydrogen (secondary N) is 1. The first-order valence-corrected chi connectivity index (χ1v) is 13.5. The molecule has 6 rings (SSSR count). The minimum absolute atomic E-state index is 0.205. The van der Waals surface area contributed by atoms with Crippen molar-refractivity contribution in [2.45, 2.75) is 33.7 Å². The minimum Gasteiger partial charge on any atom is -0.356 e. The van der Waals surface area contributed by atoms with Gasteiger partial charge < -0.3 is 10.2 Å². The molecular weight excluding hydrogens is 502 g/mol. The smallest absolute Gasteiger partial charge is 0.251 e. The van der Waals surface area contributed by atoms with E-state index < -0.39 is 0 Å². The molecule has 1 saturated heterocycles. The molecule has 5 aromatic rings. The average Bonchev–Trinajstić information content (AvgIpc) is 3.50. The molecule has 4 aromatic heterocycles. The number of nitrogens with zero attached hydrogens (tertiary/aromatic N) is 8. The summed E-state index contributed by atoms with van der Waals surface area (Å²) in [4.78, 5) is 29.8. The number of benzene rings is 1. The number of carbonyl (C=O) groups excluding carboxylic acids is 1. The highest BCUT2D eigenvalue weighted by Crippen LogP contribution is 2.27. The van der Waals surface area contributed by atoms with Gasteiger partial charge in [-0.15, -0.1) is 5.10 Å². The van der Waals surface area contributed by atoms with Crippen LogP contribution in [0.1, 0.15) is 41.9 Å². The van der Waals surface area contributed by atoms with Crippen LogP contribution in [0.4, 0.5) is 5.82 Å². The molecular formula is C30H31N9O. The van der Waals surface area contributed by atoms with Crippen molar-refractivity contribution in [1.82, 2.24) is 40.5 Å². The second-order valence-electron chi connectivity index (χ2n) is 10.8. The van der Waals surface area contributed by atoms with Crippen molar-refractivity contribution in [3.8, 4) is 17.1 Å². The lowest BCUT2D eigenvalue weighted by Gasteiger charge is -2.35. The Labute approximate surface area is 232 Å². The molecule has 0 saturated carbocycles. The van der Waals surface area contributed by atoms with Gasteiger partial charge in [0.2, 0.25) is 0 Å². The van der Waals surface area contributed by atoms with Crippen LogP contribution in [0.3, 0.4) is 0 Å². The molecule has 1 fully saturated rings. The molecule has 1 aliphatic rings. The normalized spacial score (nSPS) is 17.2. The number of pyridine rings is 3. The third kappa shape index (κ3) is 5.51. The van der Waals surface area contributed by atoms with Gasteiger partial charge in [0.15, 0.2) is 0 Å². The molecule has 0 spiro atoms. The van der Waals surface area contributed by atoms with Crippen molar-refractivity contribution < 1.29 is 4.79 Å². The summed E-state index contributed by atoms with van der Waals surface area (Å²) in [5.41, 5.74) is 5.35. The largest absolute Gasteiger partial charge is 0.356 e. The van der Waals surface area contributed by atoms with E-state index in [-0.39, 0.29) is 12.5 Å². The van der Waals surface area contributed by atoms with E-state index in [0.717, 1.165) is 58.1 Å². The predicted molar refractivity (Wildman–Crippen MR) is 153 cm³/mol. The highest BCUT2D eigenvalue weighted by atomic mass is 16.1. The van der Waals surface area contributed by atoms with Gasteiger partial charge in [-0.05, 0) is 89.7 Å². The van der Waals surface area contributed by atoms with Crippen LogP contribution in [-0.2, 0) is 6.54 Å². The molecule has 0 aliphatic carbocycles. The topological polar surface area (TPSA) is 115 Å². The van der Waals surface area contributed by atoms with Crippen LogP contribution in [0, 0.1) is 18.8 Å². The Morgan fingerprint density at radius 1 is 1.00 bits per heavy atom. The van der Waals surface area contributed by atoms with E-state index in [1.807, 2.05) is 43.3 Å². The van der Waals surface area contributed by atoms with Crippen molar-refractivity contribution >= 4 is 22.6 Å². The van der Waals surface area contributed by atoms with Gasteiger partial charge in [0.25, 0.3) is 5.91 Å². The first-order chi connectivity index (χ1) is 19.4. The zero-order valence-corrected chi connectivity index (χ0v) is 22.8. The van der Waals surface area contributed by atoms with E-state index in [4.69, 9.17) is 9.97 Å². The number of amides is 1. The molecule has 0 unspecified atom stereocenters. The van der Waals surface area contributed by atoms with Gasteiger partial charge in [-0.1, -0.05) is 19.9 Å². The number of fused-ring (bicyclic) bond motifs is 1. The van der Waals surface area contributed by atoms with E-state index in [1.54, 1.807) is 12.3 Å². The third-order valence-corrected chi connectivity index (χ3v) is 7.19. The molecule has 10 heteroatoms. The summed E-state index contributed by atoms with van der Waals surface area (Å²) in [7, 11) is 0. The van der Waals surface area contributed by atoms with Crippen molar-refractivity contribution in [3.63, 3.8) is 0 Å². The number of rotatable bonds is 6. The molecule has 202 valence electrons. The summed E-state index contributed by atoms with van der Waals surface area (Å²) in [6, 6.07) is 17.6. The highest BCUT2D eigenvalue weighted by molar-refractivity contribution is 5.95. The minimum atomic E-state index is -0.205. The van der Waals surface area contributed by atoms with Gasteiger partial charge in [-0.3, -0.25) is 9.78 Å². The number of piperidine rings is 1. The number of aromatic nitrogens is 7. The van der Waals surface area contributed by atoms with Gasteiger partial charge in [0.05, 0.1) is 34.8 Å². The molecule has 10 nitrogen and oxygen atoms in total. The van der Waals surface area contributed by atoms with E-state index in [9.17, 15) is 4.79 Å². The lowest BCUT2D eigenvalue weighted by Crippen LogP contribution is -2.39. The second kappa shape index (κ2) is 10.8. The Bertz CT molecular complexity index is 1660. The van der Waals surface area contributed by atoms with Crippen molar-refractivity contribution in [3.05, 3.63) is 83.9 Å². The fraction of sp³-hybridized carbons (Fsp3) is 0.300. The van der Waals surface area contributed by atoms with Crippen molar-refractivity contribution in [2.75, 3.05) is 18.0 Å². The lowest BCUT2D eigenvalue weighted by atomic mass is 9.92. The molecule has 40 heavy (non-hydrogen) atoms. The number of carbonyl (C=O) groups is 1. The zero-order chi connectivity index (χ0) is 27.6. The van der Waals surface area contributed by atoms with Crippen LogP contribution in [0.5, 0.6) is 0 Å². The van der Waals surface area contributed by atoms with Crippen LogP contribution in [0.25, 0.3) is 28.0 Å². The number of aryl methyl sites for hydroxylation is 1. The summed E-state index contributed by atoms with van der Waals surface area (Å²) < 4.78 is 1.52. The van der Waals surface area contributed by atoms with Crippen LogP contribution in [0.2, 0.25) is 0 Å². The van der Waals surface area contributed by atoms with Crippen molar-refractivity contribution in [1.29, 1.82) is 0 Å². The Kier molecular flexibility index (Phi) is 6.90. The second-order valence-corrected chi connectivity index (χ2v) is 10.8. The average molecular weight is 534 g/mol. The summed E-state index contributed by atoms with van der Waals surface area (Å²) in [5, 5.41) is 15.2. The molecule has 1 amide bonds. The van der Waals surface area contributed by atoms with Crippen LogP contribution in [0.15, 0.2) is 67.1 Å². The number of anilines is 1. The van der Waals surface area contributed by atoms with E-state index in [1.165, 1.54) is 17.4 Å². The fourth-order valence-corrected chi connectivity index (χ4v) is 5.47. The molecule has 1 aliphatic heterocycles. The Morgan fingerprint density at radius 2 is 1.82 bits per heavy atom. The van der Waals surface area contributed by atoms with Gasteiger partial charge in [0.1, 0.15) is 12.1 Å². The predicted octanol–water partition coefficient (Wildman–Crippen LogP) is 4.39. The van der Waals surface area contributed by atoms with Crippen molar-refractivity contribution in [2.24, 2.45) is 11.8 Å². The molecule has 1 N–H and O–H groups in total. The maximum Gasteiger partial charge on any atom is 0.251 e. The van der Waals surface area contributed by atoms with E-state index in [0.29, 0.717) is 17.4 Å². The maximum absolute atomic E-state index is 13.0. The third-order valence-electron chi connectivity index (χ3n) is 7.19. The van der Waals surface area contributed by atoms with E-state index in [2.05, 4.69) is 56.7 Å². The molecule has 2 atom stereocenters. The Balaban J connectivity index is 1.19. The lowest BCUT2D eigenvalue weighted by molar-refractivity contribution is 0.0950. The zero-order valence-electron chi connectivity index (χ0n) is 22.8. The van der Waals surface area contributed by atoms with Crippen LogP contribution < -0.4 is 10.2 Å². The number of tetrazole rings is 1.